The van der Waals surface area contributed by atoms with Crippen molar-refractivity contribution in [2.45, 2.75) is 33.1 Å². The highest BCUT2D eigenvalue weighted by molar-refractivity contribution is 6.02. The average Bonchev–Trinajstić information content (AvgIpc) is 2.60. The lowest BCUT2D eigenvalue weighted by Gasteiger charge is -2.29. The largest absolute Gasteiger partial charge is 0.478 e. The molecule has 7 heteroatoms. The van der Waals surface area contributed by atoms with Crippen molar-refractivity contribution in [3.8, 4) is 0 Å². The highest BCUT2D eigenvalue weighted by Gasteiger charge is 2.32. The Hall–Kier alpha value is -3.22. The van der Waals surface area contributed by atoms with Gasteiger partial charge in [0.25, 0.3) is 11.5 Å². The summed E-state index contributed by atoms with van der Waals surface area (Å²) in [4.78, 5) is 50.6. The number of pyridine rings is 1. The molecule has 1 aliphatic rings. The molecule has 0 saturated carbocycles. The Morgan fingerprint density at radius 3 is 2.46 bits per heavy atom. The second-order valence-corrected chi connectivity index (χ2v) is 7.85. The van der Waals surface area contributed by atoms with Crippen molar-refractivity contribution in [3.63, 3.8) is 0 Å². The number of hydrogen-bond donors (Lipinski definition) is 3. The zero-order valence-corrected chi connectivity index (χ0v) is 15.8. The minimum absolute atomic E-state index is 0.0740. The average molecular weight is 382 g/mol. The first-order valence-electron chi connectivity index (χ1n) is 9.06. The standard InChI is InChI=1S/C21H22N2O5/c1-21(2)10-16-14(17(24)11-21)9-15(19(26)23-16)18(25)22-8-7-12-3-5-13(6-4-12)20(27)28/h3-6,9H,7-8,10-11H2,1-2H3,(H,22,25)(H,23,26)(H,27,28). The van der Waals surface area contributed by atoms with E-state index in [4.69, 9.17) is 5.11 Å². The van der Waals surface area contributed by atoms with Crippen LogP contribution in [0.4, 0.5) is 0 Å². The third-order valence-corrected chi connectivity index (χ3v) is 4.86. The second kappa shape index (κ2) is 7.42. The van der Waals surface area contributed by atoms with Gasteiger partial charge in [0.05, 0.1) is 5.56 Å². The fourth-order valence-corrected chi connectivity index (χ4v) is 3.43. The van der Waals surface area contributed by atoms with Gasteiger partial charge >= 0.3 is 5.97 Å². The Balaban J connectivity index is 1.68. The fourth-order valence-electron chi connectivity index (χ4n) is 3.43. The topological polar surface area (TPSA) is 116 Å². The number of aromatic nitrogens is 1. The molecule has 0 saturated heterocycles. The van der Waals surface area contributed by atoms with Crippen LogP contribution in [-0.4, -0.2) is 34.3 Å². The van der Waals surface area contributed by atoms with E-state index in [1.54, 1.807) is 12.1 Å². The van der Waals surface area contributed by atoms with E-state index >= 15 is 0 Å². The summed E-state index contributed by atoms with van der Waals surface area (Å²) in [6.45, 7) is 4.22. The number of ketones is 1. The first kappa shape index (κ1) is 19.5. The molecule has 0 spiro atoms. The summed E-state index contributed by atoms with van der Waals surface area (Å²) in [6, 6.07) is 7.76. The van der Waals surface area contributed by atoms with Crippen LogP contribution in [0.1, 0.15) is 62.6 Å². The van der Waals surface area contributed by atoms with Crippen LogP contribution in [0, 0.1) is 5.41 Å². The Labute approximate surface area is 161 Å². The molecule has 3 rings (SSSR count). The monoisotopic (exact) mass is 382 g/mol. The van der Waals surface area contributed by atoms with Gasteiger partial charge in [0.15, 0.2) is 5.78 Å². The van der Waals surface area contributed by atoms with Crippen LogP contribution in [0.5, 0.6) is 0 Å². The number of nitrogens with one attached hydrogen (secondary N) is 2. The van der Waals surface area contributed by atoms with Gasteiger partial charge in [0.2, 0.25) is 0 Å². The number of carbonyl (C=O) groups is 3. The van der Waals surface area contributed by atoms with E-state index in [1.165, 1.54) is 18.2 Å². The van der Waals surface area contributed by atoms with E-state index in [-0.39, 0.29) is 28.9 Å². The molecule has 146 valence electrons. The van der Waals surface area contributed by atoms with Gasteiger partial charge in [-0.1, -0.05) is 26.0 Å². The Morgan fingerprint density at radius 1 is 1.14 bits per heavy atom. The maximum absolute atomic E-state index is 12.4. The van der Waals surface area contributed by atoms with Crippen LogP contribution >= 0.6 is 0 Å². The molecule has 0 atom stereocenters. The highest BCUT2D eigenvalue weighted by Crippen LogP contribution is 2.33. The molecule has 1 heterocycles. The number of carbonyl (C=O) groups excluding carboxylic acids is 2. The molecule has 28 heavy (non-hydrogen) atoms. The molecule has 2 aromatic rings. The van der Waals surface area contributed by atoms with Crippen LogP contribution in [0.2, 0.25) is 0 Å². The maximum atomic E-state index is 12.4. The lowest BCUT2D eigenvalue weighted by molar-refractivity contribution is 0.0696. The molecule has 0 bridgehead atoms. The van der Waals surface area contributed by atoms with Gasteiger partial charge in [-0.05, 0) is 42.0 Å². The van der Waals surface area contributed by atoms with Gasteiger partial charge in [0.1, 0.15) is 5.56 Å². The number of carboxylic acids is 1. The Kier molecular flexibility index (Phi) is 5.18. The predicted octanol–water partition coefficient (Wildman–Crippen LogP) is 2.20. The molecule has 0 aliphatic heterocycles. The van der Waals surface area contributed by atoms with Crippen molar-refractivity contribution >= 4 is 17.7 Å². The van der Waals surface area contributed by atoms with Gasteiger partial charge in [-0.3, -0.25) is 14.4 Å². The van der Waals surface area contributed by atoms with Crippen LogP contribution < -0.4 is 10.9 Å². The van der Waals surface area contributed by atoms with Crippen LogP contribution in [0.15, 0.2) is 35.1 Å². The fraction of sp³-hybridized carbons (Fsp3) is 0.333. The number of aromatic carboxylic acids is 1. The van der Waals surface area contributed by atoms with Gasteiger partial charge in [-0.25, -0.2) is 4.79 Å². The minimum atomic E-state index is -0.996. The maximum Gasteiger partial charge on any atom is 0.335 e. The van der Waals surface area contributed by atoms with Crippen molar-refractivity contribution in [1.82, 2.24) is 10.3 Å². The predicted molar refractivity (Wildman–Crippen MR) is 103 cm³/mol. The number of aromatic amines is 1. The van der Waals surface area contributed by atoms with Gasteiger partial charge in [-0.2, -0.15) is 0 Å². The molecular weight excluding hydrogens is 360 g/mol. The van der Waals surface area contributed by atoms with Crippen LogP contribution in [0.25, 0.3) is 0 Å². The van der Waals surface area contributed by atoms with E-state index < -0.39 is 17.4 Å². The molecule has 1 aliphatic carbocycles. The summed E-state index contributed by atoms with van der Waals surface area (Å²) < 4.78 is 0. The lowest BCUT2D eigenvalue weighted by atomic mass is 9.75. The molecule has 0 unspecified atom stereocenters. The molecule has 1 amide bonds. The van der Waals surface area contributed by atoms with Crippen LogP contribution in [0.3, 0.4) is 0 Å². The third-order valence-electron chi connectivity index (χ3n) is 4.86. The van der Waals surface area contributed by atoms with Crippen molar-refractivity contribution < 1.29 is 19.5 Å². The van der Waals surface area contributed by atoms with E-state index in [1.807, 2.05) is 13.8 Å². The summed E-state index contributed by atoms with van der Waals surface area (Å²) in [5.74, 6) is -1.61. The summed E-state index contributed by atoms with van der Waals surface area (Å²) >= 11 is 0. The first-order chi connectivity index (χ1) is 13.2. The Morgan fingerprint density at radius 2 is 1.82 bits per heavy atom. The number of benzene rings is 1. The summed E-state index contributed by atoms with van der Waals surface area (Å²) in [5, 5.41) is 11.6. The Bertz CT molecular complexity index is 1000. The SMILES string of the molecule is CC1(C)CC(=O)c2cc(C(=O)NCCc3ccc(C(=O)O)cc3)c(=O)[nH]c2C1. The number of rotatable bonds is 5. The normalized spacial score (nSPS) is 15.0. The van der Waals surface area contributed by atoms with E-state index in [2.05, 4.69) is 10.3 Å². The lowest BCUT2D eigenvalue weighted by Crippen LogP contribution is -2.35. The zero-order chi connectivity index (χ0) is 20.5. The van der Waals surface area contributed by atoms with Crippen LogP contribution in [-0.2, 0) is 12.8 Å². The number of Topliss-reactive ketones (excluding diaryl/α,β-unsaturated/α-hetero) is 1. The summed E-state index contributed by atoms with van der Waals surface area (Å²) in [7, 11) is 0. The van der Waals surface area contributed by atoms with Crippen molar-refractivity contribution in [3.05, 3.63) is 68.6 Å². The first-order valence-corrected chi connectivity index (χ1v) is 9.06. The minimum Gasteiger partial charge on any atom is -0.478 e. The highest BCUT2D eigenvalue weighted by atomic mass is 16.4. The van der Waals surface area contributed by atoms with Crippen molar-refractivity contribution in [2.24, 2.45) is 5.41 Å². The van der Waals surface area contributed by atoms with E-state index in [9.17, 15) is 19.2 Å². The molecule has 0 radical (unpaired) electrons. The van der Waals surface area contributed by atoms with Crippen molar-refractivity contribution in [1.29, 1.82) is 0 Å². The number of fused-ring (bicyclic) bond motifs is 1. The third kappa shape index (κ3) is 4.19. The van der Waals surface area contributed by atoms with Gasteiger partial charge in [0, 0.05) is 24.2 Å². The molecule has 7 nitrogen and oxygen atoms in total. The van der Waals surface area contributed by atoms with E-state index in [0.717, 1.165) is 5.56 Å². The smallest absolute Gasteiger partial charge is 0.335 e. The summed E-state index contributed by atoms with van der Waals surface area (Å²) in [6.07, 6.45) is 1.44. The molecule has 3 N–H and O–H groups in total. The number of H-pyrrole nitrogens is 1. The summed E-state index contributed by atoms with van der Waals surface area (Å²) in [5.41, 5.74) is 1.26. The quantitative estimate of drug-likeness (QED) is 0.733. The molecular formula is C21H22N2O5. The number of hydrogen-bond acceptors (Lipinski definition) is 4. The second-order valence-electron chi connectivity index (χ2n) is 7.85. The number of carboxylic acid groups (broad SMARTS) is 1. The molecule has 1 aromatic heterocycles. The van der Waals surface area contributed by atoms with E-state index in [0.29, 0.717) is 30.5 Å². The van der Waals surface area contributed by atoms with Gasteiger partial charge < -0.3 is 15.4 Å². The molecule has 0 fully saturated rings. The van der Waals surface area contributed by atoms with Gasteiger partial charge in [-0.15, -0.1) is 0 Å². The molecule has 1 aromatic carbocycles. The van der Waals surface area contributed by atoms with Crippen molar-refractivity contribution in [2.75, 3.05) is 6.54 Å². The zero-order valence-electron chi connectivity index (χ0n) is 15.8. The number of amides is 1.